The van der Waals surface area contributed by atoms with Crippen molar-refractivity contribution in [2.75, 3.05) is 11.9 Å². The Labute approximate surface area is 129 Å². The molecule has 0 aliphatic heterocycles. The molecule has 2 heterocycles. The normalized spacial score (nSPS) is 15.9. The van der Waals surface area contributed by atoms with Crippen LogP contribution in [0.4, 0.5) is 9.52 Å². The van der Waals surface area contributed by atoms with E-state index in [1.54, 1.807) is 6.07 Å². The van der Waals surface area contributed by atoms with Gasteiger partial charge in [0.05, 0.1) is 0 Å². The van der Waals surface area contributed by atoms with Gasteiger partial charge in [-0.3, -0.25) is 4.79 Å². The van der Waals surface area contributed by atoms with E-state index in [-0.39, 0.29) is 16.8 Å². The SMILES string of the molecule is O=c1ccnc2sc(NCC3(c4ccccc4F)CC3)nn12. The first-order valence-electron chi connectivity index (χ1n) is 7.02. The molecule has 0 unspecified atom stereocenters. The van der Waals surface area contributed by atoms with Crippen molar-refractivity contribution in [3.63, 3.8) is 0 Å². The van der Waals surface area contributed by atoms with E-state index in [9.17, 15) is 9.18 Å². The summed E-state index contributed by atoms with van der Waals surface area (Å²) in [6, 6.07) is 8.27. The van der Waals surface area contributed by atoms with E-state index in [0.717, 1.165) is 18.4 Å². The van der Waals surface area contributed by atoms with Crippen molar-refractivity contribution in [3.8, 4) is 0 Å². The maximum atomic E-state index is 14.0. The standard InChI is InChI=1S/C15H13FN4OS/c16-11-4-2-1-3-10(11)15(6-7-15)9-18-13-19-20-12(21)5-8-17-14(20)22-13/h1-5,8H,6-7,9H2,(H,18,19). The second-order valence-electron chi connectivity index (χ2n) is 5.50. The Kier molecular flexibility index (Phi) is 2.97. The number of aromatic nitrogens is 3. The van der Waals surface area contributed by atoms with Crippen molar-refractivity contribution in [2.45, 2.75) is 18.3 Å². The van der Waals surface area contributed by atoms with Crippen LogP contribution >= 0.6 is 11.3 Å². The molecule has 0 bridgehead atoms. The lowest BCUT2D eigenvalue weighted by atomic mass is 9.95. The van der Waals surface area contributed by atoms with Gasteiger partial charge in [-0.25, -0.2) is 9.37 Å². The monoisotopic (exact) mass is 316 g/mol. The highest BCUT2D eigenvalue weighted by atomic mass is 32.1. The van der Waals surface area contributed by atoms with E-state index in [2.05, 4.69) is 15.4 Å². The second kappa shape index (κ2) is 4.88. The first-order chi connectivity index (χ1) is 10.7. The number of halogens is 1. The zero-order valence-corrected chi connectivity index (χ0v) is 12.4. The molecule has 1 fully saturated rings. The Morgan fingerprint density at radius 1 is 1.32 bits per heavy atom. The summed E-state index contributed by atoms with van der Waals surface area (Å²) < 4.78 is 15.2. The molecular weight excluding hydrogens is 303 g/mol. The molecule has 1 aromatic carbocycles. The molecule has 0 radical (unpaired) electrons. The zero-order valence-electron chi connectivity index (χ0n) is 11.6. The number of fused-ring (bicyclic) bond motifs is 1. The van der Waals surface area contributed by atoms with Crippen molar-refractivity contribution in [1.29, 1.82) is 0 Å². The Bertz CT molecular complexity index is 900. The van der Waals surface area contributed by atoms with Crippen molar-refractivity contribution in [1.82, 2.24) is 14.6 Å². The highest BCUT2D eigenvalue weighted by molar-refractivity contribution is 7.20. The minimum Gasteiger partial charge on any atom is -0.359 e. The topological polar surface area (TPSA) is 59.3 Å². The van der Waals surface area contributed by atoms with Crippen LogP contribution < -0.4 is 10.9 Å². The van der Waals surface area contributed by atoms with Crippen molar-refractivity contribution in [2.24, 2.45) is 0 Å². The highest BCUT2D eigenvalue weighted by Gasteiger charge is 2.45. The first-order valence-corrected chi connectivity index (χ1v) is 7.83. The molecule has 3 aromatic rings. The average Bonchev–Trinajstić information content (AvgIpc) is 3.18. The summed E-state index contributed by atoms with van der Waals surface area (Å²) in [4.78, 5) is 16.3. The fraction of sp³-hybridized carbons (Fsp3) is 0.267. The van der Waals surface area contributed by atoms with Gasteiger partial charge in [-0.2, -0.15) is 4.52 Å². The quantitative estimate of drug-likeness (QED) is 0.803. The molecule has 1 saturated carbocycles. The molecule has 1 N–H and O–H groups in total. The third-order valence-corrected chi connectivity index (χ3v) is 4.93. The van der Waals surface area contributed by atoms with Crippen LogP contribution in [0.1, 0.15) is 18.4 Å². The van der Waals surface area contributed by atoms with Crippen LogP contribution in [0.25, 0.3) is 4.96 Å². The number of nitrogens with one attached hydrogen (secondary N) is 1. The Hall–Kier alpha value is -2.28. The summed E-state index contributed by atoms with van der Waals surface area (Å²) in [5, 5.41) is 8.07. The van der Waals surface area contributed by atoms with Gasteiger partial charge in [0.15, 0.2) is 0 Å². The zero-order chi connectivity index (χ0) is 15.2. The molecule has 4 rings (SSSR count). The van der Waals surface area contributed by atoms with Crippen LogP contribution in [0.5, 0.6) is 0 Å². The summed E-state index contributed by atoms with van der Waals surface area (Å²) in [5.41, 5.74) is 0.380. The van der Waals surface area contributed by atoms with E-state index in [0.29, 0.717) is 16.6 Å². The van der Waals surface area contributed by atoms with Gasteiger partial charge in [0, 0.05) is 24.2 Å². The first kappa shape index (κ1) is 13.4. The van der Waals surface area contributed by atoms with Crippen LogP contribution in [0.3, 0.4) is 0 Å². The van der Waals surface area contributed by atoms with Gasteiger partial charge in [0.1, 0.15) is 5.82 Å². The van der Waals surface area contributed by atoms with Gasteiger partial charge in [-0.1, -0.05) is 29.5 Å². The average molecular weight is 316 g/mol. The van der Waals surface area contributed by atoms with Crippen LogP contribution in [0, 0.1) is 5.82 Å². The maximum absolute atomic E-state index is 14.0. The summed E-state index contributed by atoms with van der Waals surface area (Å²) in [7, 11) is 0. The van der Waals surface area contributed by atoms with Crippen LogP contribution in [0.2, 0.25) is 0 Å². The molecule has 2 aromatic heterocycles. The molecule has 112 valence electrons. The summed E-state index contributed by atoms with van der Waals surface area (Å²) in [6.45, 7) is 0.600. The van der Waals surface area contributed by atoms with Crippen molar-refractivity contribution in [3.05, 3.63) is 58.3 Å². The lowest BCUT2D eigenvalue weighted by Gasteiger charge is -2.16. The Morgan fingerprint density at radius 3 is 2.86 bits per heavy atom. The van der Waals surface area contributed by atoms with Gasteiger partial charge < -0.3 is 5.32 Å². The number of benzene rings is 1. The van der Waals surface area contributed by atoms with Crippen molar-refractivity contribution < 1.29 is 4.39 Å². The van der Waals surface area contributed by atoms with Gasteiger partial charge >= 0.3 is 0 Å². The smallest absolute Gasteiger partial charge is 0.275 e. The maximum Gasteiger partial charge on any atom is 0.275 e. The van der Waals surface area contributed by atoms with Crippen LogP contribution in [-0.4, -0.2) is 21.1 Å². The predicted octanol–water partition coefficient (Wildman–Crippen LogP) is 2.43. The van der Waals surface area contributed by atoms with Gasteiger partial charge in [0.2, 0.25) is 10.1 Å². The van der Waals surface area contributed by atoms with E-state index < -0.39 is 0 Å². The van der Waals surface area contributed by atoms with E-state index in [1.807, 2.05) is 12.1 Å². The molecule has 5 nitrogen and oxygen atoms in total. The third kappa shape index (κ3) is 2.18. The van der Waals surface area contributed by atoms with E-state index in [4.69, 9.17) is 0 Å². The molecule has 0 saturated heterocycles. The van der Waals surface area contributed by atoms with Crippen molar-refractivity contribution >= 4 is 21.4 Å². The minimum atomic E-state index is -0.204. The largest absolute Gasteiger partial charge is 0.359 e. The molecule has 7 heteroatoms. The van der Waals surface area contributed by atoms with Gasteiger partial charge in [-0.05, 0) is 24.5 Å². The number of anilines is 1. The van der Waals surface area contributed by atoms with E-state index in [1.165, 1.54) is 34.2 Å². The highest BCUT2D eigenvalue weighted by Crippen LogP contribution is 2.49. The molecular formula is C15H13FN4OS. The van der Waals surface area contributed by atoms with Crippen LogP contribution in [-0.2, 0) is 5.41 Å². The summed E-state index contributed by atoms with van der Waals surface area (Å²) in [5.74, 6) is -0.163. The van der Waals surface area contributed by atoms with Gasteiger partial charge in [0.25, 0.3) is 5.56 Å². The summed E-state index contributed by atoms with van der Waals surface area (Å²) in [6.07, 6.45) is 3.37. The fourth-order valence-corrected chi connectivity index (χ4v) is 3.41. The molecule has 0 atom stereocenters. The summed E-state index contributed by atoms with van der Waals surface area (Å²) >= 11 is 1.32. The molecule has 1 aliphatic carbocycles. The number of hydrogen-bond acceptors (Lipinski definition) is 5. The lowest BCUT2D eigenvalue weighted by molar-refractivity contribution is 0.578. The second-order valence-corrected chi connectivity index (χ2v) is 6.45. The lowest BCUT2D eigenvalue weighted by Crippen LogP contribution is -2.21. The number of nitrogens with zero attached hydrogens (tertiary/aromatic N) is 3. The number of rotatable bonds is 4. The Morgan fingerprint density at radius 2 is 2.14 bits per heavy atom. The van der Waals surface area contributed by atoms with E-state index >= 15 is 0 Å². The Balaban J connectivity index is 1.58. The number of hydrogen-bond donors (Lipinski definition) is 1. The molecule has 22 heavy (non-hydrogen) atoms. The minimum absolute atomic E-state index is 0.163. The fourth-order valence-electron chi connectivity index (χ4n) is 2.64. The molecule has 0 spiro atoms. The third-order valence-electron chi connectivity index (χ3n) is 4.05. The predicted molar refractivity (Wildman–Crippen MR) is 82.9 cm³/mol. The van der Waals surface area contributed by atoms with Crippen LogP contribution in [0.15, 0.2) is 41.3 Å². The van der Waals surface area contributed by atoms with Gasteiger partial charge in [-0.15, -0.1) is 5.10 Å². The molecule has 1 aliphatic rings. The molecule has 0 amide bonds.